The molecule has 0 aliphatic heterocycles. The van der Waals surface area contributed by atoms with Crippen molar-refractivity contribution in [3.8, 4) is 0 Å². The van der Waals surface area contributed by atoms with E-state index in [1.165, 1.54) is 22.4 Å². The summed E-state index contributed by atoms with van der Waals surface area (Å²) in [5.74, 6) is 0.838. The number of nitrogens with one attached hydrogen (secondary N) is 2. The van der Waals surface area contributed by atoms with E-state index in [1.54, 1.807) is 7.11 Å². The predicted octanol–water partition coefficient (Wildman–Crippen LogP) is 2.87. The largest absolute Gasteiger partial charge is 0.380 e. The Labute approximate surface area is 163 Å². The zero-order valence-electron chi connectivity index (χ0n) is 17.5. The SMILES string of the molecule is CCNC(=NCc1ccc(COC)cc1)NC(C)Cc1c(C)nn(C)c1C. The Morgan fingerprint density at radius 3 is 2.44 bits per heavy atom. The third kappa shape index (κ3) is 6.10. The average molecular weight is 372 g/mol. The van der Waals surface area contributed by atoms with E-state index in [-0.39, 0.29) is 6.04 Å². The van der Waals surface area contributed by atoms with E-state index < -0.39 is 0 Å². The molecule has 1 aromatic carbocycles. The molecular weight excluding hydrogens is 338 g/mol. The maximum atomic E-state index is 5.16. The fraction of sp³-hybridized carbons (Fsp3) is 0.524. The van der Waals surface area contributed by atoms with Crippen LogP contribution in [0.5, 0.6) is 0 Å². The lowest BCUT2D eigenvalue weighted by Crippen LogP contribution is -2.43. The molecule has 0 aliphatic carbocycles. The number of aromatic nitrogens is 2. The number of ether oxygens (including phenoxy) is 1. The van der Waals surface area contributed by atoms with Crippen molar-refractivity contribution in [1.29, 1.82) is 0 Å². The van der Waals surface area contributed by atoms with Gasteiger partial charge < -0.3 is 15.4 Å². The Kier molecular flexibility index (Phi) is 7.85. The summed E-state index contributed by atoms with van der Waals surface area (Å²) < 4.78 is 7.10. The molecule has 6 nitrogen and oxygen atoms in total. The van der Waals surface area contributed by atoms with Crippen LogP contribution in [0.25, 0.3) is 0 Å². The lowest BCUT2D eigenvalue weighted by atomic mass is 10.1. The van der Waals surface area contributed by atoms with Crippen molar-refractivity contribution < 1.29 is 4.74 Å². The molecule has 6 heteroatoms. The van der Waals surface area contributed by atoms with Crippen LogP contribution in [0.4, 0.5) is 0 Å². The van der Waals surface area contributed by atoms with Crippen LogP contribution in [0, 0.1) is 13.8 Å². The first-order valence-corrected chi connectivity index (χ1v) is 9.55. The molecule has 27 heavy (non-hydrogen) atoms. The third-order valence-electron chi connectivity index (χ3n) is 4.65. The van der Waals surface area contributed by atoms with Gasteiger partial charge in [0.05, 0.1) is 18.8 Å². The second kappa shape index (κ2) is 10.1. The first kappa shape index (κ1) is 21.0. The number of aliphatic imine (C=N–C) groups is 1. The van der Waals surface area contributed by atoms with Crippen molar-refractivity contribution >= 4 is 5.96 Å². The van der Waals surface area contributed by atoms with Crippen LogP contribution >= 0.6 is 0 Å². The smallest absolute Gasteiger partial charge is 0.191 e. The highest BCUT2D eigenvalue weighted by molar-refractivity contribution is 5.80. The summed E-state index contributed by atoms with van der Waals surface area (Å²) in [6.07, 6.45) is 0.918. The van der Waals surface area contributed by atoms with Gasteiger partial charge >= 0.3 is 0 Å². The van der Waals surface area contributed by atoms with Crippen molar-refractivity contribution in [3.05, 3.63) is 52.3 Å². The molecule has 0 fully saturated rings. The van der Waals surface area contributed by atoms with Gasteiger partial charge in [0, 0.05) is 32.4 Å². The second-order valence-corrected chi connectivity index (χ2v) is 6.97. The lowest BCUT2D eigenvalue weighted by Gasteiger charge is -2.18. The molecule has 0 amide bonds. The van der Waals surface area contributed by atoms with E-state index in [0.717, 1.165) is 24.6 Å². The number of rotatable bonds is 8. The van der Waals surface area contributed by atoms with Gasteiger partial charge in [-0.05, 0) is 50.8 Å². The number of methoxy groups -OCH3 is 1. The van der Waals surface area contributed by atoms with Gasteiger partial charge in [0.15, 0.2) is 5.96 Å². The van der Waals surface area contributed by atoms with Crippen LogP contribution < -0.4 is 10.6 Å². The van der Waals surface area contributed by atoms with Crippen LogP contribution in [-0.4, -0.2) is 35.4 Å². The topological polar surface area (TPSA) is 63.5 Å². The normalized spacial score (nSPS) is 12.9. The maximum Gasteiger partial charge on any atom is 0.191 e. The molecule has 2 N–H and O–H groups in total. The van der Waals surface area contributed by atoms with Gasteiger partial charge in [0.1, 0.15) is 0 Å². The highest BCUT2D eigenvalue weighted by Gasteiger charge is 2.14. The van der Waals surface area contributed by atoms with E-state index in [0.29, 0.717) is 13.2 Å². The predicted molar refractivity (Wildman–Crippen MR) is 111 cm³/mol. The van der Waals surface area contributed by atoms with Gasteiger partial charge in [-0.15, -0.1) is 0 Å². The van der Waals surface area contributed by atoms with Crippen LogP contribution in [0.1, 0.15) is 41.9 Å². The molecule has 2 aromatic rings. The Bertz CT molecular complexity index is 749. The molecule has 1 heterocycles. The first-order valence-electron chi connectivity index (χ1n) is 9.55. The molecule has 2 rings (SSSR count). The number of hydrogen-bond donors (Lipinski definition) is 2. The zero-order valence-corrected chi connectivity index (χ0v) is 17.5. The number of benzene rings is 1. The van der Waals surface area contributed by atoms with Gasteiger partial charge in [-0.3, -0.25) is 4.68 Å². The highest BCUT2D eigenvalue weighted by Crippen LogP contribution is 2.14. The van der Waals surface area contributed by atoms with E-state index >= 15 is 0 Å². The summed E-state index contributed by atoms with van der Waals surface area (Å²) in [7, 11) is 3.70. The molecule has 1 unspecified atom stereocenters. The Morgan fingerprint density at radius 1 is 1.22 bits per heavy atom. The molecule has 0 radical (unpaired) electrons. The second-order valence-electron chi connectivity index (χ2n) is 6.97. The fourth-order valence-corrected chi connectivity index (χ4v) is 3.10. The number of aryl methyl sites for hydroxylation is 2. The summed E-state index contributed by atoms with van der Waals surface area (Å²) in [6.45, 7) is 10.6. The van der Waals surface area contributed by atoms with E-state index in [9.17, 15) is 0 Å². The minimum absolute atomic E-state index is 0.258. The molecule has 0 saturated carbocycles. The van der Waals surface area contributed by atoms with Gasteiger partial charge in [-0.1, -0.05) is 24.3 Å². The van der Waals surface area contributed by atoms with Crippen molar-refractivity contribution in [2.75, 3.05) is 13.7 Å². The average Bonchev–Trinajstić information content (AvgIpc) is 2.87. The van der Waals surface area contributed by atoms with Crippen molar-refractivity contribution in [2.45, 2.75) is 53.3 Å². The molecule has 0 spiro atoms. The molecule has 0 aliphatic rings. The molecule has 0 saturated heterocycles. The fourth-order valence-electron chi connectivity index (χ4n) is 3.10. The van der Waals surface area contributed by atoms with Crippen LogP contribution in [0.15, 0.2) is 29.3 Å². The minimum Gasteiger partial charge on any atom is -0.380 e. The quantitative estimate of drug-likeness (QED) is 0.553. The molecule has 1 aromatic heterocycles. The molecule has 0 bridgehead atoms. The third-order valence-corrected chi connectivity index (χ3v) is 4.65. The number of nitrogens with zero attached hydrogens (tertiary/aromatic N) is 3. The maximum absolute atomic E-state index is 5.16. The first-order chi connectivity index (χ1) is 12.9. The van der Waals surface area contributed by atoms with E-state index in [4.69, 9.17) is 9.73 Å². The Hall–Kier alpha value is -2.34. The van der Waals surface area contributed by atoms with Gasteiger partial charge in [0.25, 0.3) is 0 Å². The molecule has 1 atom stereocenters. The van der Waals surface area contributed by atoms with Gasteiger partial charge in [-0.2, -0.15) is 5.10 Å². The zero-order chi connectivity index (χ0) is 19.8. The van der Waals surface area contributed by atoms with Crippen LogP contribution in [0.3, 0.4) is 0 Å². The summed E-state index contributed by atoms with van der Waals surface area (Å²) in [5, 5.41) is 11.4. The summed E-state index contributed by atoms with van der Waals surface area (Å²) in [5.41, 5.74) is 5.98. The Balaban J connectivity index is 1.99. The number of guanidine groups is 1. The Morgan fingerprint density at radius 2 is 1.89 bits per heavy atom. The summed E-state index contributed by atoms with van der Waals surface area (Å²) in [4.78, 5) is 4.73. The van der Waals surface area contributed by atoms with Crippen LogP contribution in [-0.2, 0) is 31.4 Å². The standard InChI is InChI=1S/C21H33N5O/c1-7-22-21(23-13-18-8-10-19(11-9-18)14-27-6)24-15(2)12-20-16(3)25-26(5)17(20)4/h8-11,15H,7,12-14H2,1-6H3,(H2,22,23,24). The monoisotopic (exact) mass is 371 g/mol. The van der Waals surface area contributed by atoms with E-state index in [1.807, 2.05) is 11.7 Å². The highest BCUT2D eigenvalue weighted by atomic mass is 16.5. The van der Waals surface area contributed by atoms with Crippen molar-refractivity contribution in [2.24, 2.45) is 12.0 Å². The minimum atomic E-state index is 0.258. The van der Waals surface area contributed by atoms with Crippen LogP contribution in [0.2, 0.25) is 0 Å². The summed E-state index contributed by atoms with van der Waals surface area (Å²) >= 11 is 0. The van der Waals surface area contributed by atoms with Crippen molar-refractivity contribution in [3.63, 3.8) is 0 Å². The molecule has 148 valence electrons. The van der Waals surface area contributed by atoms with Crippen molar-refractivity contribution in [1.82, 2.24) is 20.4 Å². The molecular formula is C21H33N5O. The van der Waals surface area contributed by atoms with Gasteiger partial charge in [0.2, 0.25) is 0 Å². The number of hydrogen-bond acceptors (Lipinski definition) is 3. The lowest BCUT2D eigenvalue weighted by molar-refractivity contribution is 0.185. The van der Waals surface area contributed by atoms with Gasteiger partial charge in [-0.25, -0.2) is 4.99 Å². The summed E-state index contributed by atoms with van der Waals surface area (Å²) in [6, 6.07) is 8.64. The van der Waals surface area contributed by atoms with E-state index in [2.05, 4.69) is 67.7 Å².